The van der Waals surface area contributed by atoms with Crippen LogP contribution in [-0.4, -0.2) is 41.1 Å². The summed E-state index contributed by atoms with van der Waals surface area (Å²) in [6.45, 7) is 1.15. The van der Waals surface area contributed by atoms with Gasteiger partial charge in [-0.1, -0.05) is 42.5 Å². The lowest BCUT2D eigenvalue weighted by Crippen LogP contribution is -2.56. The molecule has 3 atom stereocenters. The molecule has 1 N–H and O–H groups in total. The molecule has 0 unspecified atom stereocenters. The minimum Gasteiger partial charge on any atom is -0.396 e. The van der Waals surface area contributed by atoms with Crippen LogP contribution in [0.25, 0.3) is 0 Å². The molecule has 1 spiro atoms. The predicted octanol–water partition coefficient (Wildman–Crippen LogP) is 2.51. The number of nitrogens with zero attached hydrogens (tertiary/aromatic N) is 2. The quantitative estimate of drug-likeness (QED) is 0.924. The summed E-state index contributed by atoms with van der Waals surface area (Å²) in [5.74, 6) is 0.210. The SMILES string of the molecule is O=C1CC=C2C=C[C@@H]3N(/C=C/CCO)CC[C@@]34c3ccccc3N1[C@@H]24. The summed E-state index contributed by atoms with van der Waals surface area (Å²) < 4.78 is 0. The number of aliphatic hydroxyl groups excluding tert-OH is 1. The van der Waals surface area contributed by atoms with Crippen molar-refractivity contribution >= 4 is 11.6 Å². The van der Waals surface area contributed by atoms with Gasteiger partial charge in [0.25, 0.3) is 0 Å². The highest BCUT2D eigenvalue weighted by atomic mass is 16.2. The number of anilines is 1. The molecule has 1 amide bonds. The Morgan fingerprint density at radius 3 is 3.08 bits per heavy atom. The van der Waals surface area contributed by atoms with Gasteiger partial charge in [0.15, 0.2) is 0 Å². The molecule has 1 saturated heterocycles. The summed E-state index contributed by atoms with van der Waals surface area (Å²) in [6.07, 6.45) is 13.0. The number of benzene rings is 1. The molecule has 4 nitrogen and oxygen atoms in total. The molecule has 1 aromatic rings. The van der Waals surface area contributed by atoms with Crippen molar-refractivity contribution in [1.82, 2.24) is 4.90 Å². The lowest BCUT2D eigenvalue weighted by atomic mass is 9.65. The van der Waals surface area contributed by atoms with E-state index in [1.165, 1.54) is 11.1 Å². The molecule has 3 heterocycles. The Morgan fingerprint density at radius 1 is 1.32 bits per heavy atom. The first kappa shape index (κ1) is 15.0. The van der Waals surface area contributed by atoms with Gasteiger partial charge < -0.3 is 14.9 Å². The zero-order valence-corrected chi connectivity index (χ0v) is 14.1. The molecule has 0 aromatic heterocycles. The minimum absolute atomic E-state index is 0.0587. The molecule has 25 heavy (non-hydrogen) atoms. The minimum atomic E-state index is -0.0587. The normalized spacial score (nSPS) is 32.0. The number of para-hydroxylation sites is 1. The number of carbonyl (C=O) groups is 1. The molecule has 1 fully saturated rings. The molecule has 3 aliphatic heterocycles. The van der Waals surface area contributed by atoms with E-state index in [0.717, 1.165) is 18.7 Å². The molecule has 128 valence electrons. The summed E-state index contributed by atoms with van der Waals surface area (Å²) in [4.78, 5) is 17.2. The zero-order chi connectivity index (χ0) is 17.0. The molecule has 0 radical (unpaired) electrons. The van der Waals surface area contributed by atoms with E-state index in [9.17, 15) is 4.79 Å². The second kappa shape index (κ2) is 5.33. The van der Waals surface area contributed by atoms with Crippen LogP contribution in [0.5, 0.6) is 0 Å². The second-order valence-electron chi connectivity index (χ2n) is 7.32. The fraction of sp³-hybridized carbons (Fsp3) is 0.381. The smallest absolute Gasteiger partial charge is 0.231 e. The van der Waals surface area contributed by atoms with E-state index < -0.39 is 0 Å². The van der Waals surface area contributed by atoms with Gasteiger partial charge in [-0.15, -0.1) is 0 Å². The van der Waals surface area contributed by atoms with Crippen LogP contribution in [-0.2, 0) is 10.2 Å². The van der Waals surface area contributed by atoms with Crippen molar-refractivity contribution in [2.24, 2.45) is 0 Å². The Bertz CT molecular complexity index is 825. The van der Waals surface area contributed by atoms with E-state index >= 15 is 0 Å². The molecule has 0 bridgehead atoms. The summed E-state index contributed by atoms with van der Waals surface area (Å²) in [6, 6.07) is 8.82. The number of hydrogen-bond acceptors (Lipinski definition) is 3. The van der Waals surface area contributed by atoms with Gasteiger partial charge in [-0.3, -0.25) is 4.79 Å². The Hall–Kier alpha value is -2.33. The van der Waals surface area contributed by atoms with Gasteiger partial charge >= 0.3 is 0 Å². The number of rotatable bonds is 3. The molecular weight excluding hydrogens is 312 g/mol. The molecular formula is C21H22N2O2. The first-order valence-corrected chi connectivity index (χ1v) is 9.10. The van der Waals surface area contributed by atoms with E-state index in [4.69, 9.17) is 5.11 Å². The van der Waals surface area contributed by atoms with Gasteiger partial charge in [-0.25, -0.2) is 0 Å². The van der Waals surface area contributed by atoms with Gasteiger partial charge in [0.1, 0.15) is 0 Å². The highest BCUT2D eigenvalue weighted by Gasteiger charge is 2.62. The van der Waals surface area contributed by atoms with Gasteiger partial charge in [-0.05, 0) is 36.2 Å². The Balaban J connectivity index is 1.67. The van der Waals surface area contributed by atoms with Crippen LogP contribution >= 0.6 is 0 Å². The van der Waals surface area contributed by atoms with E-state index in [1.807, 2.05) is 12.1 Å². The topological polar surface area (TPSA) is 43.8 Å². The average molecular weight is 334 g/mol. The molecule has 1 aliphatic carbocycles. The molecule has 5 rings (SSSR count). The third kappa shape index (κ3) is 1.83. The van der Waals surface area contributed by atoms with E-state index in [-0.39, 0.29) is 30.0 Å². The summed E-state index contributed by atoms with van der Waals surface area (Å²) in [7, 11) is 0. The van der Waals surface area contributed by atoms with Crippen molar-refractivity contribution in [2.45, 2.75) is 36.8 Å². The van der Waals surface area contributed by atoms with Crippen molar-refractivity contribution in [3.05, 3.63) is 65.9 Å². The average Bonchev–Trinajstić information content (AvgIpc) is 3.16. The largest absolute Gasteiger partial charge is 0.396 e. The summed E-state index contributed by atoms with van der Waals surface area (Å²) in [5, 5.41) is 9.05. The molecule has 4 heteroatoms. The van der Waals surface area contributed by atoms with E-state index in [1.54, 1.807) is 0 Å². The van der Waals surface area contributed by atoms with Crippen molar-refractivity contribution in [2.75, 3.05) is 18.1 Å². The zero-order valence-electron chi connectivity index (χ0n) is 14.1. The monoisotopic (exact) mass is 334 g/mol. The molecule has 0 saturated carbocycles. The lowest BCUT2D eigenvalue weighted by Gasteiger charge is -2.45. The van der Waals surface area contributed by atoms with Gasteiger partial charge in [-0.2, -0.15) is 0 Å². The number of aliphatic hydroxyl groups is 1. The Labute approximate surface area is 147 Å². The fourth-order valence-corrected chi connectivity index (χ4v) is 5.32. The first-order chi connectivity index (χ1) is 12.3. The third-order valence-corrected chi connectivity index (χ3v) is 6.24. The molecule has 4 aliphatic rings. The van der Waals surface area contributed by atoms with Gasteiger partial charge in [0, 0.05) is 30.7 Å². The van der Waals surface area contributed by atoms with Crippen LogP contribution in [0.1, 0.15) is 24.8 Å². The van der Waals surface area contributed by atoms with E-state index in [2.05, 4.69) is 52.4 Å². The maximum absolute atomic E-state index is 12.7. The number of amides is 1. The van der Waals surface area contributed by atoms with Crippen molar-refractivity contribution < 1.29 is 9.90 Å². The number of fused-ring (bicyclic) bond motifs is 2. The van der Waals surface area contributed by atoms with Gasteiger partial charge in [0.05, 0.1) is 12.1 Å². The maximum Gasteiger partial charge on any atom is 0.231 e. The lowest BCUT2D eigenvalue weighted by molar-refractivity contribution is -0.118. The number of likely N-dealkylation sites (tertiary alicyclic amines) is 1. The summed E-state index contributed by atoms with van der Waals surface area (Å²) >= 11 is 0. The van der Waals surface area contributed by atoms with Crippen LogP contribution in [0.15, 0.2) is 60.3 Å². The maximum atomic E-state index is 12.7. The highest BCUT2D eigenvalue weighted by molar-refractivity contribution is 6.01. The van der Waals surface area contributed by atoms with Gasteiger partial charge in [0.2, 0.25) is 5.91 Å². The number of carbonyl (C=O) groups excluding carboxylic acids is 1. The standard InChI is InChI=1S/C21H22N2O2/c24-14-4-3-12-22-13-11-21-16-5-1-2-6-17(16)23-19(25)10-8-15(20(21)23)7-9-18(21)22/h1-3,5-9,12,18,20,24H,4,10-11,13-14H2/b12-3+/t18-,20-,21+/m0/s1. The van der Waals surface area contributed by atoms with Crippen molar-refractivity contribution in [3.63, 3.8) is 0 Å². The van der Waals surface area contributed by atoms with Crippen LogP contribution < -0.4 is 4.90 Å². The van der Waals surface area contributed by atoms with Crippen LogP contribution in [0.4, 0.5) is 5.69 Å². The van der Waals surface area contributed by atoms with Crippen molar-refractivity contribution in [3.8, 4) is 0 Å². The Morgan fingerprint density at radius 2 is 2.20 bits per heavy atom. The van der Waals surface area contributed by atoms with Crippen LogP contribution in [0.2, 0.25) is 0 Å². The van der Waals surface area contributed by atoms with Crippen LogP contribution in [0, 0.1) is 0 Å². The van der Waals surface area contributed by atoms with Crippen LogP contribution in [0.3, 0.4) is 0 Å². The molecule has 1 aromatic carbocycles. The Kier molecular flexibility index (Phi) is 3.19. The number of hydrogen-bond donors (Lipinski definition) is 1. The predicted molar refractivity (Wildman–Crippen MR) is 97.2 cm³/mol. The first-order valence-electron chi connectivity index (χ1n) is 9.10. The van der Waals surface area contributed by atoms with E-state index in [0.29, 0.717) is 12.8 Å². The fourth-order valence-electron chi connectivity index (χ4n) is 5.32. The second-order valence-corrected chi connectivity index (χ2v) is 7.32. The highest BCUT2D eigenvalue weighted by Crippen LogP contribution is 2.58. The third-order valence-electron chi connectivity index (χ3n) is 6.24. The summed E-state index contributed by atoms with van der Waals surface area (Å²) in [5.41, 5.74) is 3.64. The van der Waals surface area contributed by atoms with Crippen molar-refractivity contribution in [1.29, 1.82) is 0 Å².